The van der Waals surface area contributed by atoms with E-state index in [2.05, 4.69) is 5.32 Å². The number of nitrogens with one attached hydrogen (secondary N) is 1. The smallest absolute Gasteiger partial charge is 0.341 e. The van der Waals surface area contributed by atoms with Gasteiger partial charge in [0.1, 0.15) is 5.75 Å². The van der Waals surface area contributed by atoms with Gasteiger partial charge in [-0.3, -0.25) is 4.79 Å². The summed E-state index contributed by atoms with van der Waals surface area (Å²) < 4.78 is 13.5. The molecule has 6 heteroatoms. The molecule has 6 nitrogen and oxygen atoms in total. The van der Waals surface area contributed by atoms with Crippen molar-refractivity contribution in [3.05, 3.63) is 114 Å². The lowest BCUT2D eigenvalue weighted by molar-refractivity contribution is -0.125. The molecule has 0 unspecified atom stereocenters. The molecule has 0 aliphatic heterocycles. The number of amides is 1. The highest BCUT2D eigenvalue weighted by molar-refractivity contribution is 5.99. The molecule has 1 aromatic heterocycles. The second kappa shape index (κ2) is 10.7. The van der Waals surface area contributed by atoms with E-state index in [0.29, 0.717) is 29.2 Å². The topological polar surface area (TPSA) is 69.6 Å². The molecule has 0 fully saturated rings. The maximum absolute atomic E-state index is 13.4. The minimum absolute atomic E-state index is 0.412. The molecule has 0 saturated heterocycles. The van der Waals surface area contributed by atoms with E-state index >= 15 is 0 Å². The second-order valence-corrected chi connectivity index (χ2v) is 8.07. The summed E-state index contributed by atoms with van der Waals surface area (Å²) in [4.78, 5) is 26.7. The predicted octanol–water partition coefficient (Wildman–Crippen LogP) is 6.03. The van der Waals surface area contributed by atoms with Gasteiger partial charge in [-0.05, 0) is 51.1 Å². The third kappa shape index (κ3) is 5.27. The van der Waals surface area contributed by atoms with Crippen molar-refractivity contribution in [3.63, 3.8) is 0 Å². The van der Waals surface area contributed by atoms with Crippen LogP contribution in [0.15, 0.2) is 91.0 Å². The van der Waals surface area contributed by atoms with Gasteiger partial charge in [-0.25, -0.2) is 4.79 Å². The third-order valence-electron chi connectivity index (χ3n) is 5.68. The van der Waals surface area contributed by atoms with E-state index in [9.17, 15) is 9.59 Å². The summed E-state index contributed by atoms with van der Waals surface area (Å²) in [5, 5.41) is 2.86. The fourth-order valence-corrected chi connectivity index (χ4v) is 4.06. The average Bonchev–Trinajstić information content (AvgIpc) is 3.18. The first-order valence-corrected chi connectivity index (χ1v) is 11.5. The highest BCUT2D eigenvalue weighted by Crippen LogP contribution is 2.28. The number of carbonyl (C=O) groups is 2. The van der Waals surface area contributed by atoms with Crippen LogP contribution >= 0.6 is 0 Å². The molecule has 178 valence electrons. The van der Waals surface area contributed by atoms with Crippen LogP contribution in [-0.4, -0.2) is 23.1 Å². The van der Waals surface area contributed by atoms with Crippen LogP contribution < -0.4 is 10.1 Å². The molecule has 35 heavy (non-hydrogen) atoms. The van der Waals surface area contributed by atoms with Gasteiger partial charge in [-0.2, -0.15) is 0 Å². The highest BCUT2D eigenvalue weighted by atomic mass is 16.5. The molecular formula is C29H28N2O4. The Labute approximate surface area is 205 Å². The van der Waals surface area contributed by atoms with Gasteiger partial charge in [0.05, 0.1) is 17.9 Å². The number of benzene rings is 3. The Morgan fingerprint density at radius 3 is 2.20 bits per heavy atom. The molecule has 0 spiro atoms. The first kappa shape index (κ1) is 23.8. The number of aryl methyl sites for hydroxylation is 1. The predicted molar refractivity (Wildman–Crippen MR) is 136 cm³/mol. The summed E-state index contributed by atoms with van der Waals surface area (Å²) in [6.07, 6.45) is -1.14. The maximum atomic E-state index is 13.4. The molecule has 0 bridgehead atoms. The molecule has 3 aromatic carbocycles. The lowest BCUT2D eigenvalue weighted by Gasteiger charge is -2.19. The van der Waals surface area contributed by atoms with Crippen molar-refractivity contribution in [3.8, 4) is 11.4 Å². The van der Waals surface area contributed by atoms with Crippen LogP contribution in [0, 0.1) is 13.8 Å². The van der Waals surface area contributed by atoms with Crippen LogP contribution in [-0.2, 0) is 9.53 Å². The normalized spacial score (nSPS) is 11.5. The van der Waals surface area contributed by atoms with E-state index in [4.69, 9.17) is 9.47 Å². The highest BCUT2D eigenvalue weighted by Gasteiger charge is 2.28. The van der Waals surface area contributed by atoms with Gasteiger partial charge in [0, 0.05) is 22.6 Å². The van der Waals surface area contributed by atoms with E-state index in [-0.39, 0.29) is 0 Å². The third-order valence-corrected chi connectivity index (χ3v) is 5.68. The molecule has 4 aromatic rings. The molecule has 1 amide bonds. The fraction of sp³-hybridized carbons (Fsp3) is 0.172. The summed E-state index contributed by atoms with van der Waals surface area (Å²) in [6, 6.07) is 27.7. The molecule has 1 N–H and O–H groups in total. The van der Waals surface area contributed by atoms with Gasteiger partial charge < -0.3 is 19.4 Å². The van der Waals surface area contributed by atoms with Crippen LogP contribution in [0.4, 0.5) is 5.69 Å². The summed E-state index contributed by atoms with van der Waals surface area (Å²) >= 11 is 0. The van der Waals surface area contributed by atoms with Gasteiger partial charge in [0.2, 0.25) is 6.10 Å². The lowest BCUT2D eigenvalue weighted by atomic mass is 10.1. The Bertz CT molecular complexity index is 1310. The van der Waals surface area contributed by atoms with Crippen molar-refractivity contribution < 1.29 is 19.1 Å². The zero-order valence-corrected chi connectivity index (χ0v) is 20.0. The molecule has 0 saturated carbocycles. The van der Waals surface area contributed by atoms with E-state index in [1.807, 2.05) is 67.8 Å². The van der Waals surface area contributed by atoms with E-state index in [1.165, 1.54) is 0 Å². The largest absolute Gasteiger partial charge is 0.492 e. The summed E-state index contributed by atoms with van der Waals surface area (Å²) in [6.45, 7) is 6.13. The Hall–Kier alpha value is -4.32. The standard InChI is InChI=1S/C29H28N2O4/c1-4-34-26-18-12-11-17-25(26)30-28(32)27(22-13-7-5-8-14-22)35-29(33)24-19-20(2)31(21(24)3)23-15-9-6-10-16-23/h5-19,27H,4H2,1-3H3,(H,30,32)/t27-/m0/s1. The second-order valence-electron chi connectivity index (χ2n) is 8.07. The number of para-hydroxylation sites is 3. The van der Waals surface area contributed by atoms with Crippen molar-refractivity contribution in [1.82, 2.24) is 4.57 Å². The summed E-state index contributed by atoms with van der Waals surface area (Å²) in [7, 11) is 0. The Kier molecular flexibility index (Phi) is 7.31. The number of carbonyl (C=O) groups excluding carboxylic acids is 2. The lowest BCUT2D eigenvalue weighted by Crippen LogP contribution is -2.26. The van der Waals surface area contributed by atoms with Crippen molar-refractivity contribution >= 4 is 17.6 Å². The molecule has 0 aliphatic rings. The van der Waals surface area contributed by atoms with Gasteiger partial charge in [0.15, 0.2) is 0 Å². The number of ether oxygens (including phenoxy) is 2. The minimum Gasteiger partial charge on any atom is -0.492 e. The molecule has 4 rings (SSSR count). The van der Waals surface area contributed by atoms with Crippen LogP contribution in [0.1, 0.15) is 40.3 Å². The quantitative estimate of drug-likeness (QED) is 0.321. The fourth-order valence-electron chi connectivity index (χ4n) is 4.06. The number of nitrogens with zero attached hydrogens (tertiary/aromatic N) is 1. The molecular weight excluding hydrogens is 440 g/mol. The van der Waals surface area contributed by atoms with E-state index in [0.717, 1.165) is 17.1 Å². The van der Waals surface area contributed by atoms with Crippen molar-refractivity contribution in [2.45, 2.75) is 26.9 Å². The zero-order chi connectivity index (χ0) is 24.8. The van der Waals surface area contributed by atoms with Crippen LogP contribution in [0.3, 0.4) is 0 Å². The van der Waals surface area contributed by atoms with Crippen molar-refractivity contribution in [2.24, 2.45) is 0 Å². The van der Waals surface area contributed by atoms with Crippen LogP contribution in [0.2, 0.25) is 0 Å². The van der Waals surface area contributed by atoms with Gasteiger partial charge in [-0.15, -0.1) is 0 Å². The molecule has 1 heterocycles. The number of esters is 1. The maximum Gasteiger partial charge on any atom is 0.341 e. The average molecular weight is 469 g/mol. The van der Waals surface area contributed by atoms with Crippen molar-refractivity contribution in [2.75, 3.05) is 11.9 Å². The van der Waals surface area contributed by atoms with Gasteiger partial charge >= 0.3 is 5.97 Å². The van der Waals surface area contributed by atoms with Crippen LogP contribution in [0.25, 0.3) is 5.69 Å². The number of hydrogen-bond donors (Lipinski definition) is 1. The Morgan fingerprint density at radius 2 is 1.51 bits per heavy atom. The number of aromatic nitrogens is 1. The zero-order valence-electron chi connectivity index (χ0n) is 20.0. The molecule has 1 atom stereocenters. The Balaban J connectivity index is 1.63. The molecule has 0 aliphatic carbocycles. The first-order valence-electron chi connectivity index (χ1n) is 11.5. The van der Waals surface area contributed by atoms with Gasteiger partial charge in [-0.1, -0.05) is 60.7 Å². The van der Waals surface area contributed by atoms with Gasteiger partial charge in [0.25, 0.3) is 5.91 Å². The number of anilines is 1. The SMILES string of the molecule is CCOc1ccccc1NC(=O)[C@@H](OC(=O)c1cc(C)n(-c2ccccc2)c1C)c1ccccc1. The first-order chi connectivity index (χ1) is 17.0. The summed E-state index contributed by atoms with van der Waals surface area (Å²) in [5.74, 6) is -0.483. The van der Waals surface area contributed by atoms with E-state index < -0.39 is 18.0 Å². The number of rotatable bonds is 8. The van der Waals surface area contributed by atoms with E-state index in [1.54, 1.807) is 48.5 Å². The molecule has 0 radical (unpaired) electrons. The van der Waals surface area contributed by atoms with Crippen molar-refractivity contribution in [1.29, 1.82) is 0 Å². The Morgan fingerprint density at radius 1 is 0.886 bits per heavy atom. The minimum atomic E-state index is -1.14. The summed E-state index contributed by atoms with van der Waals surface area (Å²) in [5.41, 5.74) is 4.09. The monoisotopic (exact) mass is 468 g/mol. The van der Waals surface area contributed by atoms with Crippen LogP contribution in [0.5, 0.6) is 5.75 Å². The number of hydrogen-bond acceptors (Lipinski definition) is 4.